The van der Waals surface area contributed by atoms with Crippen LogP contribution in [0.5, 0.6) is 0 Å². The highest BCUT2D eigenvalue weighted by Crippen LogP contribution is 2.43. The molecule has 5 heteroatoms. The molecule has 0 aromatic rings. The van der Waals surface area contributed by atoms with Gasteiger partial charge in [0.15, 0.2) is 0 Å². The van der Waals surface area contributed by atoms with Crippen LogP contribution in [-0.2, 0) is 9.59 Å². The lowest BCUT2D eigenvalue weighted by molar-refractivity contribution is -0.139. The summed E-state index contributed by atoms with van der Waals surface area (Å²) >= 11 is 0. The highest BCUT2D eigenvalue weighted by Gasteiger charge is 2.52. The van der Waals surface area contributed by atoms with Crippen LogP contribution in [-0.4, -0.2) is 46.4 Å². The summed E-state index contributed by atoms with van der Waals surface area (Å²) in [7, 11) is 0. The molecule has 2 heterocycles. The van der Waals surface area contributed by atoms with E-state index in [0.717, 1.165) is 19.4 Å². The summed E-state index contributed by atoms with van der Waals surface area (Å²) in [5.74, 6) is 0.238. The van der Waals surface area contributed by atoms with Gasteiger partial charge in [0.1, 0.15) is 5.54 Å². The van der Waals surface area contributed by atoms with Crippen LogP contribution in [0.1, 0.15) is 72.6 Å². The second kappa shape index (κ2) is 7.57. The SMILES string of the molecule is C=CC1CCC(CN2C3CCC2CC3)C(NC(C)=O)(C(=O)NC(C)(C)C)C1. The van der Waals surface area contributed by atoms with Crippen molar-refractivity contribution in [3.8, 4) is 0 Å². The predicted octanol–water partition coefficient (Wildman–Crippen LogP) is 3.01. The van der Waals surface area contributed by atoms with Gasteiger partial charge in [0.05, 0.1) is 0 Å². The molecule has 5 nitrogen and oxygen atoms in total. The van der Waals surface area contributed by atoms with E-state index in [1.165, 1.54) is 32.6 Å². The van der Waals surface area contributed by atoms with Crippen molar-refractivity contribution in [2.75, 3.05) is 6.54 Å². The molecule has 2 saturated heterocycles. The standard InChI is InChI=1S/C22H37N3O2/c1-6-16-7-8-17(14-25-18-9-10-19(25)12-11-18)22(13-16,23-15(2)26)20(27)24-21(3,4)5/h6,16-19H,1,7-14H2,2-5H3,(H,23,26)(H,24,27). The number of nitrogens with zero attached hydrogens (tertiary/aromatic N) is 1. The van der Waals surface area contributed by atoms with Crippen molar-refractivity contribution in [3.63, 3.8) is 0 Å². The van der Waals surface area contributed by atoms with E-state index < -0.39 is 5.54 Å². The van der Waals surface area contributed by atoms with Crippen molar-refractivity contribution < 1.29 is 9.59 Å². The minimum Gasteiger partial charge on any atom is -0.349 e. The first kappa shape index (κ1) is 20.4. The van der Waals surface area contributed by atoms with Gasteiger partial charge in [0.2, 0.25) is 11.8 Å². The Morgan fingerprint density at radius 3 is 2.19 bits per heavy atom. The summed E-state index contributed by atoms with van der Waals surface area (Å²) in [6.45, 7) is 12.4. The van der Waals surface area contributed by atoms with Crippen molar-refractivity contribution in [3.05, 3.63) is 12.7 Å². The van der Waals surface area contributed by atoms with Gasteiger partial charge in [-0.25, -0.2) is 0 Å². The Bertz CT molecular complexity index is 577. The molecule has 2 amide bonds. The zero-order chi connectivity index (χ0) is 19.8. The van der Waals surface area contributed by atoms with Gasteiger partial charge in [-0.3, -0.25) is 14.5 Å². The molecule has 3 atom stereocenters. The number of hydrogen-bond acceptors (Lipinski definition) is 3. The predicted molar refractivity (Wildman–Crippen MR) is 108 cm³/mol. The molecular formula is C22H37N3O2. The molecule has 0 aromatic heterocycles. The average molecular weight is 376 g/mol. The van der Waals surface area contributed by atoms with Crippen LogP contribution in [0.2, 0.25) is 0 Å². The summed E-state index contributed by atoms with van der Waals surface area (Å²) in [4.78, 5) is 28.3. The first-order valence-electron chi connectivity index (χ1n) is 10.6. The van der Waals surface area contributed by atoms with Crippen molar-refractivity contribution in [1.82, 2.24) is 15.5 Å². The molecule has 3 fully saturated rings. The van der Waals surface area contributed by atoms with Gasteiger partial charge in [-0.1, -0.05) is 6.08 Å². The maximum atomic E-state index is 13.5. The van der Waals surface area contributed by atoms with Gasteiger partial charge < -0.3 is 10.6 Å². The Hall–Kier alpha value is -1.36. The van der Waals surface area contributed by atoms with Gasteiger partial charge in [-0.05, 0) is 71.6 Å². The van der Waals surface area contributed by atoms with Crippen molar-refractivity contribution >= 4 is 11.8 Å². The molecule has 2 aliphatic heterocycles. The third kappa shape index (κ3) is 4.23. The summed E-state index contributed by atoms with van der Waals surface area (Å²) in [5.41, 5.74) is -1.18. The summed E-state index contributed by atoms with van der Waals surface area (Å²) in [6, 6.07) is 1.35. The molecule has 3 unspecified atom stereocenters. The number of fused-ring (bicyclic) bond motifs is 2. The number of rotatable bonds is 5. The lowest BCUT2D eigenvalue weighted by Crippen LogP contribution is -2.68. The van der Waals surface area contributed by atoms with Crippen LogP contribution in [0.4, 0.5) is 0 Å². The molecule has 1 aliphatic carbocycles. The number of amides is 2. The maximum absolute atomic E-state index is 13.5. The molecule has 0 aromatic carbocycles. The zero-order valence-electron chi connectivity index (χ0n) is 17.5. The van der Waals surface area contributed by atoms with E-state index in [4.69, 9.17) is 0 Å². The van der Waals surface area contributed by atoms with E-state index in [9.17, 15) is 9.59 Å². The molecule has 2 N–H and O–H groups in total. The van der Waals surface area contributed by atoms with E-state index in [2.05, 4.69) is 22.1 Å². The molecule has 2 bridgehead atoms. The van der Waals surface area contributed by atoms with Gasteiger partial charge in [-0.2, -0.15) is 0 Å². The second-order valence-electron chi connectivity index (χ2n) is 9.99. The number of carbonyl (C=O) groups excluding carboxylic acids is 2. The van der Waals surface area contributed by atoms with E-state index in [0.29, 0.717) is 18.5 Å². The monoisotopic (exact) mass is 375 g/mol. The summed E-state index contributed by atoms with van der Waals surface area (Å²) < 4.78 is 0. The number of nitrogens with one attached hydrogen (secondary N) is 2. The van der Waals surface area contributed by atoms with Crippen LogP contribution in [0.15, 0.2) is 12.7 Å². The van der Waals surface area contributed by atoms with Crippen LogP contribution in [0.25, 0.3) is 0 Å². The molecule has 27 heavy (non-hydrogen) atoms. The van der Waals surface area contributed by atoms with Crippen molar-refractivity contribution in [2.24, 2.45) is 11.8 Å². The normalized spacial score (nSPS) is 36.4. The number of hydrogen-bond donors (Lipinski definition) is 2. The highest BCUT2D eigenvalue weighted by molar-refractivity contribution is 5.92. The molecule has 152 valence electrons. The third-order valence-electron chi connectivity index (χ3n) is 6.83. The fourth-order valence-electron chi connectivity index (χ4n) is 5.62. The van der Waals surface area contributed by atoms with E-state index in [1.807, 2.05) is 26.8 Å². The average Bonchev–Trinajstić information content (AvgIpc) is 3.13. The fraction of sp³-hybridized carbons (Fsp3) is 0.818. The Kier molecular flexibility index (Phi) is 5.72. The highest BCUT2D eigenvalue weighted by atomic mass is 16.2. The van der Waals surface area contributed by atoms with Crippen LogP contribution >= 0.6 is 0 Å². The minimum absolute atomic E-state index is 0.0340. The Morgan fingerprint density at radius 2 is 1.70 bits per heavy atom. The van der Waals surface area contributed by atoms with Gasteiger partial charge in [-0.15, -0.1) is 6.58 Å². The zero-order valence-corrected chi connectivity index (χ0v) is 17.5. The Balaban J connectivity index is 1.90. The first-order valence-corrected chi connectivity index (χ1v) is 10.6. The quantitative estimate of drug-likeness (QED) is 0.726. The summed E-state index contributed by atoms with van der Waals surface area (Å²) in [5, 5.41) is 6.30. The topological polar surface area (TPSA) is 61.4 Å². The van der Waals surface area contributed by atoms with Crippen molar-refractivity contribution in [2.45, 2.75) is 95.8 Å². The van der Waals surface area contributed by atoms with E-state index in [1.54, 1.807) is 0 Å². The number of carbonyl (C=O) groups is 2. The van der Waals surface area contributed by atoms with Gasteiger partial charge in [0, 0.05) is 37.0 Å². The Labute approximate surface area is 164 Å². The van der Waals surface area contributed by atoms with Crippen LogP contribution in [0, 0.1) is 11.8 Å². The smallest absolute Gasteiger partial charge is 0.246 e. The van der Waals surface area contributed by atoms with Gasteiger partial charge >= 0.3 is 0 Å². The molecular weight excluding hydrogens is 338 g/mol. The van der Waals surface area contributed by atoms with E-state index >= 15 is 0 Å². The summed E-state index contributed by atoms with van der Waals surface area (Å²) in [6.07, 6.45) is 9.73. The van der Waals surface area contributed by atoms with Crippen LogP contribution < -0.4 is 10.6 Å². The molecule has 0 spiro atoms. The van der Waals surface area contributed by atoms with E-state index in [-0.39, 0.29) is 29.2 Å². The Morgan fingerprint density at radius 1 is 1.11 bits per heavy atom. The second-order valence-corrected chi connectivity index (χ2v) is 9.99. The molecule has 1 saturated carbocycles. The first-order chi connectivity index (χ1) is 12.6. The molecule has 3 aliphatic rings. The lowest BCUT2D eigenvalue weighted by atomic mass is 9.67. The largest absolute Gasteiger partial charge is 0.349 e. The third-order valence-corrected chi connectivity index (χ3v) is 6.83. The number of allylic oxidation sites excluding steroid dienone is 1. The van der Waals surface area contributed by atoms with Crippen LogP contribution in [0.3, 0.4) is 0 Å². The van der Waals surface area contributed by atoms with Gasteiger partial charge in [0.25, 0.3) is 0 Å². The molecule has 3 rings (SSSR count). The lowest BCUT2D eigenvalue weighted by Gasteiger charge is -2.48. The van der Waals surface area contributed by atoms with Crippen molar-refractivity contribution in [1.29, 1.82) is 0 Å². The maximum Gasteiger partial charge on any atom is 0.246 e. The minimum atomic E-state index is -0.849. The fourth-order valence-corrected chi connectivity index (χ4v) is 5.62. The molecule has 0 radical (unpaired) electrons.